The second-order valence-corrected chi connectivity index (χ2v) is 9.28. The molecule has 0 saturated heterocycles. The quantitative estimate of drug-likeness (QED) is 0.323. The normalized spacial score (nSPS) is 16.1. The Labute approximate surface area is 189 Å². The van der Waals surface area contributed by atoms with E-state index in [1.54, 1.807) is 6.92 Å². The van der Waals surface area contributed by atoms with Gasteiger partial charge in [-0.1, -0.05) is 0 Å². The molecule has 0 aliphatic carbocycles. The second-order valence-electron chi connectivity index (χ2n) is 7.85. The largest absolute Gasteiger partial charge is 0.387 e. The Morgan fingerprint density at radius 2 is 1.97 bits per heavy atom. The van der Waals surface area contributed by atoms with Crippen LogP contribution in [0.5, 0.6) is 0 Å². The highest BCUT2D eigenvalue weighted by Gasteiger charge is 2.31. The lowest BCUT2D eigenvalue weighted by molar-refractivity contribution is -0.389. The molecule has 1 aromatic carbocycles. The molecule has 2 aromatic heterocycles. The molecule has 3 heterocycles. The van der Waals surface area contributed by atoms with Gasteiger partial charge < -0.3 is 15.2 Å². The fraction of sp³-hybridized carbons (Fsp3) is 0.368. The summed E-state index contributed by atoms with van der Waals surface area (Å²) in [4.78, 5) is 21.1. The summed E-state index contributed by atoms with van der Waals surface area (Å²) < 4.78 is 41.7. The van der Waals surface area contributed by atoms with Crippen LogP contribution in [0.4, 0.5) is 19.0 Å². The van der Waals surface area contributed by atoms with Crippen molar-refractivity contribution in [3.63, 3.8) is 0 Å². The molecule has 8 nitrogen and oxygen atoms in total. The molecular formula is C19H17ClF3N5O3S. The number of aliphatic hydroxyl groups is 1. The van der Waals surface area contributed by atoms with Crippen LogP contribution in [0.15, 0.2) is 18.3 Å². The Hall–Kier alpha value is -2.54. The number of β-amino-alcohol motifs (C(OH)–C–C–N with tert-alkyl or cyclic N) is 1. The molecule has 0 amide bonds. The maximum atomic E-state index is 13.6. The highest BCUT2D eigenvalue weighted by atomic mass is 35.5. The summed E-state index contributed by atoms with van der Waals surface area (Å²) in [6, 6.07) is 1.83. The number of hydrogen-bond acceptors (Lipinski definition) is 7. The summed E-state index contributed by atoms with van der Waals surface area (Å²) in [6.07, 6.45) is 1.73. The van der Waals surface area contributed by atoms with Crippen molar-refractivity contribution < 1.29 is 23.2 Å². The first-order chi connectivity index (χ1) is 15.0. The third-order valence-electron chi connectivity index (χ3n) is 5.02. The maximum Gasteiger partial charge on any atom is 0.383 e. The van der Waals surface area contributed by atoms with E-state index in [9.17, 15) is 28.4 Å². The maximum absolute atomic E-state index is 13.6. The smallest absolute Gasteiger partial charge is 0.383 e. The van der Waals surface area contributed by atoms with Crippen LogP contribution in [0.3, 0.4) is 0 Å². The van der Waals surface area contributed by atoms with Crippen molar-refractivity contribution in [1.29, 1.82) is 0 Å². The Bertz CT molecular complexity index is 1180. The number of halogens is 4. The van der Waals surface area contributed by atoms with Crippen molar-refractivity contribution in [3.05, 3.63) is 61.8 Å². The van der Waals surface area contributed by atoms with E-state index in [0.29, 0.717) is 24.5 Å². The number of nitrogens with zero attached hydrogens (tertiary/aromatic N) is 5. The van der Waals surface area contributed by atoms with Crippen LogP contribution in [0.1, 0.15) is 17.5 Å². The van der Waals surface area contributed by atoms with Crippen molar-refractivity contribution in [2.24, 2.45) is 0 Å². The van der Waals surface area contributed by atoms with Gasteiger partial charge in [0, 0.05) is 36.5 Å². The Morgan fingerprint density at radius 3 is 2.59 bits per heavy atom. The molecule has 0 spiro atoms. The van der Waals surface area contributed by atoms with Gasteiger partial charge >= 0.3 is 11.1 Å². The highest BCUT2D eigenvalue weighted by molar-refractivity contribution is 7.15. The monoisotopic (exact) mass is 487 g/mol. The lowest BCUT2D eigenvalue weighted by Gasteiger charge is -2.33. The number of thiazole rings is 1. The lowest BCUT2D eigenvalue weighted by atomic mass is 10.0. The van der Waals surface area contributed by atoms with Gasteiger partial charge in [-0.2, -0.15) is 0 Å². The van der Waals surface area contributed by atoms with Crippen molar-refractivity contribution >= 4 is 28.8 Å². The first-order valence-corrected chi connectivity index (χ1v) is 10.7. The summed E-state index contributed by atoms with van der Waals surface area (Å²) in [7, 11) is 0. The van der Waals surface area contributed by atoms with Crippen LogP contribution >= 0.6 is 22.9 Å². The van der Waals surface area contributed by atoms with Gasteiger partial charge in [-0.3, -0.25) is 9.47 Å². The van der Waals surface area contributed by atoms with Crippen molar-refractivity contribution in [3.8, 4) is 10.6 Å². The number of nitro groups is 1. The molecule has 4 rings (SSSR count). The van der Waals surface area contributed by atoms with Crippen LogP contribution in [0.2, 0.25) is 5.28 Å². The molecule has 170 valence electrons. The number of hydrogen-bond donors (Lipinski definition) is 1. The summed E-state index contributed by atoms with van der Waals surface area (Å²) in [5.41, 5.74) is -0.318. The predicted octanol–water partition coefficient (Wildman–Crippen LogP) is 3.79. The van der Waals surface area contributed by atoms with Crippen LogP contribution in [0, 0.1) is 27.6 Å². The number of rotatable bonds is 6. The van der Waals surface area contributed by atoms with Gasteiger partial charge in [0.15, 0.2) is 17.5 Å². The molecule has 1 atom stereocenters. The SMILES string of the molecule is C[C@](O)(CN1CCc2nc(-c3cc(F)c(F)c(F)c3)sc2C1)Cn1cc([N+](=O)[O-])nc1Cl. The van der Waals surface area contributed by atoms with Gasteiger partial charge in [-0.05, 0) is 40.6 Å². The zero-order chi connectivity index (χ0) is 23.2. The predicted molar refractivity (Wildman–Crippen MR) is 111 cm³/mol. The van der Waals surface area contributed by atoms with Gasteiger partial charge in [0.05, 0.1) is 17.8 Å². The third-order valence-corrected chi connectivity index (χ3v) is 6.45. The van der Waals surface area contributed by atoms with E-state index in [2.05, 4.69) is 9.97 Å². The Balaban J connectivity index is 1.47. The zero-order valence-corrected chi connectivity index (χ0v) is 18.3. The standard InChI is InChI=1S/C19H17ClF3N5O3S/c1-19(29,9-27-7-15(28(30)31)25-18(27)20)8-26-3-2-13-14(6-26)32-17(24-13)10-4-11(21)16(23)12(22)5-10/h4-5,7,29H,2-3,6,8-9H2,1H3/t19-/m0/s1. The second kappa shape index (κ2) is 8.43. The summed E-state index contributed by atoms with van der Waals surface area (Å²) in [6.45, 7) is 2.86. The first-order valence-electron chi connectivity index (χ1n) is 9.48. The Morgan fingerprint density at radius 1 is 1.28 bits per heavy atom. The van der Waals surface area contributed by atoms with E-state index in [0.717, 1.165) is 22.7 Å². The number of imidazole rings is 1. The molecule has 32 heavy (non-hydrogen) atoms. The third kappa shape index (κ3) is 4.63. The van der Waals surface area contributed by atoms with Gasteiger partial charge in [-0.25, -0.2) is 18.2 Å². The molecule has 3 aromatic rings. The summed E-state index contributed by atoms with van der Waals surface area (Å²) in [5.74, 6) is -4.47. The fourth-order valence-corrected chi connectivity index (χ4v) is 5.00. The molecule has 1 aliphatic heterocycles. The topological polar surface area (TPSA) is 97.3 Å². The van der Waals surface area contributed by atoms with Gasteiger partial charge in [0.25, 0.3) is 0 Å². The molecule has 0 saturated carbocycles. The van der Waals surface area contributed by atoms with E-state index in [4.69, 9.17) is 11.6 Å². The fourth-order valence-electron chi connectivity index (χ4n) is 3.66. The van der Waals surface area contributed by atoms with E-state index in [-0.39, 0.29) is 23.9 Å². The molecule has 0 unspecified atom stereocenters. The van der Waals surface area contributed by atoms with E-state index < -0.39 is 33.8 Å². The van der Waals surface area contributed by atoms with Gasteiger partial charge in [0.2, 0.25) is 0 Å². The number of fused-ring (bicyclic) bond motifs is 1. The lowest BCUT2D eigenvalue weighted by Crippen LogP contribution is -2.45. The molecule has 0 radical (unpaired) electrons. The summed E-state index contributed by atoms with van der Waals surface area (Å²) >= 11 is 7.19. The minimum absolute atomic E-state index is 0.00188. The van der Waals surface area contributed by atoms with E-state index >= 15 is 0 Å². The highest BCUT2D eigenvalue weighted by Crippen LogP contribution is 2.33. The zero-order valence-electron chi connectivity index (χ0n) is 16.7. The first kappa shape index (κ1) is 22.6. The van der Waals surface area contributed by atoms with Crippen LogP contribution in [0.25, 0.3) is 10.6 Å². The van der Waals surface area contributed by atoms with Crippen molar-refractivity contribution in [2.75, 3.05) is 13.1 Å². The number of aromatic nitrogens is 3. The van der Waals surface area contributed by atoms with Crippen LogP contribution in [-0.2, 0) is 19.5 Å². The van der Waals surface area contributed by atoms with E-state index in [1.807, 2.05) is 4.90 Å². The van der Waals surface area contributed by atoms with E-state index in [1.165, 1.54) is 22.1 Å². The van der Waals surface area contributed by atoms with Crippen LogP contribution in [-0.4, -0.2) is 48.2 Å². The van der Waals surface area contributed by atoms with Gasteiger partial charge in [-0.15, -0.1) is 11.3 Å². The average Bonchev–Trinajstić information content (AvgIpc) is 3.28. The molecule has 13 heteroatoms. The van der Waals surface area contributed by atoms with Crippen LogP contribution < -0.4 is 0 Å². The van der Waals surface area contributed by atoms with Crippen molar-refractivity contribution in [1.82, 2.24) is 19.4 Å². The minimum atomic E-state index is -1.52. The molecule has 0 bridgehead atoms. The molecule has 0 fully saturated rings. The minimum Gasteiger partial charge on any atom is -0.387 e. The van der Waals surface area contributed by atoms with Crippen molar-refractivity contribution in [2.45, 2.75) is 32.0 Å². The average molecular weight is 488 g/mol. The number of benzene rings is 1. The molecule has 1 aliphatic rings. The molecular weight excluding hydrogens is 471 g/mol. The molecule has 1 N–H and O–H groups in total. The summed E-state index contributed by atoms with van der Waals surface area (Å²) in [5, 5.41) is 22.0. The Kier molecular flexibility index (Phi) is 5.96. The van der Waals surface area contributed by atoms with Gasteiger partial charge in [0.1, 0.15) is 11.2 Å².